The molecule has 1 aromatic rings. The van der Waals surface area contributed by atoms with Crippen LogP contribution in [0.15, 0.2) is 17.5 Å². The van der Waals surface area contributed by atoms with Crippen molar-refractivity contribution in [2.75, 3.05) is 13.1 Å². The molecule has 2 N–H and O–H groups in total. The first-order chi connectivity index (χ1) is 11.1. The largest absolute Gasteiger partial charge is 0.346 e. The van der Waals surface area contributed by atoms with Gasteiger partial charge in [-0.2, -0.15) is 0 Å². The fourth-order valence-corrected chi connectivity index (χ4v) is 6.58. The molecule has 0 aliphatic heterocycles. The number of amides is 1. The molecule has 126 valence electrons. The highest BCUT2D eigenvalue weighted by atomic mass is 32.1. The smallest absolute Gasteiger partial charge is 0.275 e. The van der Waals surface area contributed by atoms with Crippen LogP contribution in [0.3, 0.4) is 0 Å². The van der Waals surface area contributed by atoms with Crippen molar-refractivity contribution >= 4 is 17.2 Å². The van der Waals surface area contributed by atoms with Crippen LogP contribution >= 0.6 is 11.3 Å². The first-order valence-corrected chi connectivity index (χ1v) is 10.2. The second-order valence-corrected chi connectivity index (χ2v) is 9.31. The number of quaternary nitrogens is 1. The molecule has 4 aliphatic rings. The van der Waals surface area contributed by atoms with Gasteiger partial charge in [0.2, 0.25) is 0 Å². The summed E-state index contributed by atoms with van der Waals surface area (Å²) >= 11 is 1.80. The molecule has 4 heteroatoms. The normalized spacial score (nSPS) is 36.1. The van der Waals surface area contributed by atoms with Crippen molar-refractivity contribution in [3.63, 3.8) is 0 Å². The molecule has 4 saturated carbocycles. The van der Waals surface area contributed by atoms with Crippen molar-refractivity contribution in [1.82, 2.24) is 5.32 Å². The number of thiophene rings is 1. The van der Waals surface area contributed by atoms with Gasteiger partial charge in [-0.3, -0.25) is 4.79 Å². The van der Waals surface area contributed by atoms with Crippen LogP contribution in [0.2, 0.25) is 0 Å². The molecule has 3 nitrogen and oxygen atoms in total. The van der Waals surface area contributed by atoms with E-state index in [1.165, 1.54) is 48.3 Å². The molecule has 1 amide bonds. The molecule has 0 spiro atoms. The molecule has 1 atom stereocenters. The van der Waals surface area contributed by atoms with E-state index in [0.717, 1.165) is 30.8 Å². The van der Waals surface area contributed by atoms with Crippen LogP contribution in [-0.2, 0) is 11.3 Å². The molecule has 4 aliphatic carbocycles. The first-order valence-electron chi connectivity index (χ1n) is 9.31. The molecular formula is C19H29N2OS+. The third-order valence-electron chi connectivity index (χ3n) is 6.36. The number of carbonyl (C=O) groups excluding carboxylic acids is 1. The SMILES string of the molecule is CC[NH+](CC(=O)NC12CC3CC(CC(C3)C1)C2)Cc1cccs1. The monoisotopic (exact) mass is 333 g/mol. The lowest BCUT2D eigenvalue weighted by molar-refractivity contribution is -0.903. The minimum Gasteiger partial charge on any atom is -0.346 e. The molecule has 5 rings (SSSR count). The standard InChI is InChI=1S/C19H28N2OS/c1-2-21(12-17-4-3-5-23-17)13-18(22)20-19-9-14-6-15(10-19)8-16(7-14)11-19/h3-5,14-16H,2,6-13H2,1H3,(H,20,22)/p+1. The Morgan fingerprint density at radius 2 is 1.91 bits per heavy atom. The predicted molar refractivity (Wildman–Crippen MR) is 93.4 cm³/mol. The van der Waals surface area contributed by atoms with Gasteiger partial charge in [0.05, 0.1) is 11.4 Å². The van der Waals surface area contributed by atoms with Crippen molar-refractivity contribution in [1.29, 1.82) is 0 Å². The molecular weight excluding hydrogens is 304 g/mol. The van der Waals surface area contributed by atoms with Gasteiger partial charge >= 0.3 is 0 Å². The van der Waals surface area contributed by atoms with E-state index in [-0.39, 0.29) is 11.4 Å². The van der Waals surface area contributed by atoms with Gasteiger partial charge in [0.15, 0.2) is 6.54 Å². The van der Waals surface area contributed by atoms with Crippen molar-refractivity contribution in [2.24, 2.45) is 17.8 Å². The van der Waals surface area contributed by atoms with Gasteiger partial charge in [-0.25, -0.2) is 0 Å². The Hall–Kier alpha value is -0.870. The lowest BCUT2D eigenvalue weighted by Crippen LogP contribution is -3.11. The topological polar surface area (TPSA) is 33.5 Å². The fourth-order valence-electron chi connectivity index (χ4n) is 5.80. The lowest BCUT2D eigenvalue weighted by Gasteiger charge is -2.56. The van der Waals surface area contributed by atoms with Crippen LogP contribution in [-0.4, -0.2) is 24.5 Å². The number of likely N-dealkylation sites (N-methyl/N-ethyl adjacent to an activating group) is 1. The molecule has 0 saturated heterocycles. The van der Waals surface area contributed by atoms with Crippen LogP contribution in [0.1, 0.15) is 50.3 Å². The number of hydrogen-bond acceptors (Lipinski definition) is 2. The Morgan fingerprint density at radius 1 is 1.26 bits per heavy atom. The van der Waals surface area contributed by atoms with Crippen LogP contribution in [0.5, 0.6) is 0 Å². The second kappa shape index (κ2) is 6.21. The Labute approximate surface area is 143 Å². The number of carbonyl (C=O) groups is 1. The summed E-state index contributed by atoms with van der Waals surface area (Å²) in [5, 5.41) is 5.64. The van der Waals surface area contributed by atoms with Gasteiger partial charge in [0.1, 0.15) is 6.54 Å². The van der Waals surface area contributed by atoms with E-state index in [4.69, 9.17) is 0 Å². The van der Waals surface area contributed by atoms with Crippen molar-refractivity contribution < 1.29 is 9.69 Å². The summed E-state index contributed by atoms with van der Waals surface area (Å²) in [5.41, 5.74) is 0.160. The molecule has 0 aromatic carbocycles. The van der Waals surface area contributed by atoms with Crippen molar-refractivity contribution in [3.05, 3.63) is 22.4 Å². The lowest BCUT2D eigenvalue weighted by atomic mass is 9.53. The maximum Gasteiger partial charge on any atom is 0.275 e. The summed E-state index contributed by atoms with van der Waals surface area (Å²) in [6.45, 7) is 4.78. The summed E-state index contributed by atoms with van der Waals surface area (Å²) in [7, 11) is 0. The average Bonchev–Trinajstić information content (AvgIpc) is 2.97. The highest BCUT2D eigenvalue weighted by Crippen LogP contribution is 2.55. The van der Waals surface area contributed by atoms with E-state index >= 15 is 0 Å². The summed E-state index contributed by atoms with van der Waals surface area (Å²) in [6, 6.07) is 4.28. The molecule has 1 aromatic heterocycles. The molecule has 1 heterocycles. The zero-order chi connectivity index (χ0) is 15.9. The van der Waals surface area contributed by atoms with E-state index < -0.39 is 0 Å². The molecule has 0 radical (unpaired) electrons. The van der Waals surface area contributed by atoms with Crippen LogP contribution in [0, 0.1) is 17.8 Å². The van der Waals surface area contributed by atoms with E-state index in [1.54, 1.807) is 11.3 Å². The zero-order valence-corrected chi connectivity index (χ0v) is 15.0. The average molecular weight is 334 g/mol. The minimum atomic E-state index is 0.160. The van der Waals surface area contributed by atoms with Gasteiger partial charge < -0.3 is 10.2 Å². The summed E-state index contributed by atoms with van der Waals surface area (Å²) in [4.78, 5) is 15.4. The Bertz CT molecular complexity index is 518. The second-order valence-electron chi connectivity index (χ2n) is 8.28. The maximum absolute atomic E-state index is 12.7. The van der Waals surface area contributed by atoms with Crippen LogP contribution < -0.4 is 10.2 Å². The van der Waals surface area contributed by atoms with Gasteiger partial charge in [0, 0.05) is 5.54 Å². The van der Waals surface area contributed by atoms with Gasteiger partial charge in [0.25, 0.3) is 5.91 Å². The Kier molecular flexibility index (Phi) is 4.22. The minimum absolute atomic E-state index is 0.160. The summed E-state index contributed by atoms with van der Waals surface area (Å²) < 4.78 is 0. The highest BCUT2D eigenvalue weighted by Gasteiger charge is 2.51. The zero-order valence-electron chi connectivity index (χ0n) is 14.1. The Morgan fingerprint density at radius 3 is 2.43 bits per heavy atom. The van der Waals surface area contributed by atoms with Crippen molar-refractivity contribution in [3.8, 4) is 0 Å². The third kappa shape index (κ3) is 3.34. The predicted octanol–water partition coefficient (Wildman–Crippen LogP) is 2.24. The number of rotatable bonds is 6. The summed E-state index contributed by atoms with van der Waals surface area (Å²) in [5.74, 6) is 2.95. The molecule has 4 fully saturated rings. The van der Waals surface area contributed by atoms with Gasteiger partial charge in [-0.1, -0.05) is 6.07 Å². The van der Waals surface area contributed by atoms with Crippen LogP contribution in [0.25, 0.3) is 0 Å². The summed E-state index contributed by atoms with van der Waals surface area (Å²) in [6.07, 6.45) is 8.03. The fraction of sp³-hybridized carbons (Fsp3) is 0.737. The van der Waals surface area contributed by atoms with Gasteiger partial charge in [-0.15, -0.1) is 11.3 Å². The number of hydrogen-bond donors (Lipinski definition) is 2. The van der Waals surface area contributed by atoms with Crippen LogP contribution in [0.4, 0.5) is 0 Å². The van der Waals surface area contributed by atoms with E-state index in [0.29, 0.717) is 6.54 Å². The van der Waals surface area contributed by atoms with Crippen molar-refractivity contribution in [2.45, 2.75) is 57.5 Å². The highest BCUT2D eigenvalue weighted by molar-refractivity contribution is 7.09. The number of nitrogens with one attached hydrogen (secondary N) is 2. The third-order valence-corrected chi connectivity index (χ3v) is 7.23. The quantitative estimate of drug-likeness (QED) is 0.822. The Balaban J connectivity index is 1.36. The first kappa shape index (κ1) is 15.6. The van der Waals surface area contributed by atoms with E-state index in [2.05, 4.69) is 29.8 Å². The van der Waals surface area contributed by atoms with Gasteiger partial charge in [-0.05, 0) is 74.6 Å². The maximum atomic E-state index is 12.7. The molecule has 4 bridgehead atoms. The van der Waals surface area contributed by atoms with E-state index in [9.17, 15) is 4.79 Å². The molecule has 1 unspecified atom stereocenters. The van der Waals surface area contributed by atoms with E-state index in [1.807, 2.05) is 0 Å². The molecule has 23 heavy (non-hydrogen) atoms.